The van der Waals surface area contributed by atoms with Crippen molar-refractivity contribution in [3.8, 4) is 11.5 Å². The molecule has 8 heteroatoms. The summed E-state index contributed by atoms with van der Waals surface area (Å²) in [5.41, 5.74) is 0.560. The molecule has 0 atom stereocenters. The summed E-state index contributed by atoms with van der Waals surface area (Å²) in [5, 5.41) is 0. The number of carbonyl (C=O) groups excluding carboxylic acids is 2. The lowest BCUT2D eigenvalue weighted by atomic mass is 10.2. The molecule has 0 aliphatic carbocycles. The van der Waals surface area contributed by atoms with Crippen LogP contribution in [0.2, 0.25) is 0 Å². The van der Waals surface area contributed by atoms with E-state index in [4.69, 9.17) is 9.47 Å². The molecule has 0 unspecified atom stereocenters. The molecule has 1 aromatic carbocycles. The number of esters is 1. The molecule has 1 saturated heterocycles. The number of methoxy groups -OCH3 is 1. The van der Waals surface area contributed by atoms with Gasteiger partial charge in [-0.2, -0.15) is 8.78 Å². The summed E-state index contributed by atoms with van der Waals surface area (Å²) in [5.74, 6) is -0.445. The lowest BCUT2D eigenvalue weighted by Crippen LogP contribution is -2.29. The molecule has 0 radical (unpaired) electrons. The van der Waals surface area contributed by atoms with E-state index in [1.54, 1.807) is 4.90 Å². The van der Waals surface area contributed by atoms with E-state index in [1.165, 1.54) is 37.5 Å². The number of benzene rings is 1. The summed E-state index contributed by atoms with van der Waals surface area (Å²) in [6.45, 7) is -1.75. The van der Waals surface area contributed by atoms with Crippen LogP contribution >= 0.6 is 0 Å². The summed E-state index contributed by atoms with van der Waals surface area (Å²) in [6.07, 6.45) is 4.06. The number of amides is 1. The number of carbonyl (C=O) groups is 2. The molecule has 1 heterocycles. The Morgan fingerprint density at radius 2 is 2.16 bits per heavy atom. The van der Waals surface area contributed by atoms with Crippen molar-refractivity contribution in [2.75, 3.05) is 26.8 Å². The van der Waals surface area contributed by atoms with Crippen LogP contribution in [0.5, 0.6) is 11.5 Å². The van der Waals surface area contributed by atoms with Crippen molar-refractivity contribution in [3.05, 3.63) is 29.8 Å². The molecule has 25 heavy (non-hydrogen) atoms. The van der Waals surface area contributed by atoms with Crippen molar-refractivity contribution in [2.45, 2.75) is 19.5 Å². The minimum absolute atomic E-state index is 0.0739. The van der Waals surface area contributed by atoms with E-state index in [0.717, 1.165) is 6.42 Å². The molecule has 0 aromatic heterocycles. The predicted molar refractivity (Wildman–Crippen MR) is 85.4 cm³/mol. The van der Waals surface area contributed by atoms with Gasteiger partial charge in [0.2, 0.25) is 5.91 Å². The lowest BCUT2D eigenvalue weighted by Gasteiger charge is -2.14. The van der Waals surface area contributed by atoms with Crippen molar-refractivity contribution < 1.29 is 32.6 Å². The Morgan fingerprint density at radius 1 is 1.36 bits per heavy atom. The molecule has 136 valence electrons. The summed E-state index contributed by atoms with van der Waals surface area (Å²) in [7, 11) is 1.33. The second-order valence-electron chi connectivity index (χ2n) is 5.27. The summed E-state index contributed by atoms with van der Waals surface area (Å²) < 4.78 is 38.9. The number of rotatable bonds is 8. The van der Waals surface area contributed by atoms with E-state index in [9.17, 15) is 18.4 Å². The van der Waals surface area contributed by atoms with E-state index in [0.29, 0.717) is 25.1 Å². The summed E-state index contributed by atoms with van der Waals surface area (Å²) >= 11 is 0. The van der Waals surface area contributed by atoms with Crippen LogP contribution in [-0.4, -0.2) is 50.2 Å². The van der Waals surface area contributed by atoms with Gasteiger partial charge in [0.1, 0.15) is 6.61 Å². The Morgan fingerprint density at radius 3 is 2.80 bits per heavy atom. The number of hydrogen-bond acceptors (Lipinski definition) is 5. The number of halogens is 2. The monoisotopic (exact) mass is 355 g/mol. The van der Waals surface area contributed by atoms with E-state index < -0.39 is 12.6 Å². The van der Waals surface area contributed by atoms with Gasteiger partial charge in [0.05, 0.1) is 13.7 Å². The maximum atomic E-state index is 12.3. The van der Waals surface area contributed by atoms with E-state index >= 15 is 0 Å². The Balaban J connectivity index is 1.85. The molecule has 1 amide bonds. The molecule has 0 bridgehead atoms. The molecule has 2 rings (SSSR count). The van der Waals surface area contributed by atoms with Gasteiger partial charge in [-0.3, -0.25) is 4.79 Å². The van der Waals surface area contributed by atoms with Crippen LogP contribution in [0.4, 0.5) is 8.78 Å². The van der Waals surface area contributed by atoms with Crippen LogP contribution < -0.4 is 9.47 Å². The fraction of sp³-hybridized carbons (Fsp3) is 0.412. The number of hydrogen-bond donors (Lipinski definition) is 0. The highest BCUT2D eigenvalue weighted by Gasteiger charge is 2.19. The van der Waals surface area contributed by atoms with Crippen LogP contribution in [0.25, 0.3) is 6.08 Å². The average Bonchev–Trinajstić information content (AvgIpc) is 2.98. The smallest absolute Gasteiger partial charge is 0.387 e. The first kappa shape index (κ1) is 18.7. The molecule has 0 saturated carbocycles. The quantitative estimate of drug-likeness (QED) is 0.529. The second kappa shape index (κ2) is 9.00. The topological polar surface area (TPSA) is 65.1 Å². The van der Waals surface area contributed by atoms with Crippen molar-refractivity contribution in [2.24, 2.45) is 0 Å². The van der Waals surface area contributed by atoms with Gasteiger partial charge >= 0.3 is 12.6 Å². The van der Waals surface area contributed by atoms with Crippen LogP contribution in [-0.2, 0) is 14.3 Å². The normalized spacial score (nSPS) is 14.4. The molecule has 1 aliphatic heterocycles. The fourth-order valence-electron chi connectivity index (χ4n) is 2.39. The zero-order valence-electron chi connectivity index (χ0n) is 13.7. The zero-order chi connectivity index (χ0) is 18.2. The summed E-state index contributed by atoms with van der Waals surface area (Å²) in [4.78, 5) is 24.7. The van der Waals surface area contributed by atoms with Crippen LogP contribution in [0, 0.1) is 0 Å². The molecular weight excluding hydrogens is 336 g/mol. The van der Waals surface area contributed by atoms with E-state index in [-0.39, 0.29) is 24.0 Å². The number of ether oxygens (including phenoxy) is 3. The van der Waals surface area contributed by atoms with Crippen molar-refractivity contribution in [3.63, 3.8) is 0 Å². The number of likely N-dealkylation sites (tertiary alicyclic amines) is 1. The van der Waals surface area contributed by atoms with E-state index in [2.05, 4.69) is 4.74 Å². The van der Waals surface area contributed by atoms with Gasteiger partial charge in [-0.05, 0) is 30.2 Å². The number of nitrogens with zero attached hydrogens (tertiary/aromatic N) is 1. The minimum Gasteiger partial charge on any atom is -0.493 e. The Bertz CT molecular complexity index is 648. The molecule has 1 fully saturated rings. The first-order valence-electron chi connectivity index (χ1n) is 7.75. The van der Waals surface area contributed by atoms with Gasteiger partial charge in [-0.1, -0.05) is 6.07 Å². The van der Waals surface area contributed by atoms with Gasteiger partial charge in [0.25, 0.3) is 0 Å². The van der Waals surface area contributed by atoms with Gasteiger partial charge in [0.15, 0.2) is 11.5 Å². The largest absolute Gasteiger partial charge is 0.493 e. The molecule has 0 N–H and O–H groups in total. The van der Waals surface area contributed by atoms with Gasteiger partial charge in [-0.15, -0.1) is 0 Å². The third-order valence-corrected chi connectivity index (χ3v) is 3.59. The molecule has 1 aromatic rings. The van der Waals surface area contributed by atoms with Crippen LogP contribution in [0.15, 0.2) is 24.3 Å². The van der Waals surface area contributed by atoms with Crippen LogP contribution in [0.3, 0.4) is 0 Å². The van der Waals surface area contributed by atoms with Crippen molar-refractivity contribution in [1.29, 1.82) is 0 Å². The highest BCUT2D eigenvalue weighted by Crippen LogP contribution is 2.29. The Kier molecular flexibility index (Phi) is 6.73. The van der Waals surface area contributed by atoms with Gasteiger partial charge < -0.3 is 19.1 Å². The third kappa shape index (κ3) is 5.74. The maximum absolute atomic E-state index is 12.3. The van der Waals surface area contributed by atoms with E-state index in [1.807, 2.05) is 0 Å². The second-order valence-corrected chi connectivity index (χ2v) is 5.27. The zero-order valence-corrected chi connectivity index (χ0v) is 13.7. The third-order valence-electron chi connectivity index (χ3n) is 3.59. The highest BCUT2D eigenvalue weighted by molar-refractivity contribution is 5.87. The number of alkyl halides is 2. The van der Waals surface area contributed by atoms with Crippen LogP contribution in [0.1, 0.15) is 18.4 Å². The molecule has 0 spiro atoms. The fourth-order valence-corrected chi connectivity index (χ4v) is 2.39. The SMILES string of the molecule is COc1cc(/C=C/C(=O)OCCN2CCCC2=O)ccc1OC(F)F. The van der Waals surface area contributed by atoms with Crippen molar-refractivity contribution in [1.82, 2.24) is 4.90 Å². The predicted octanol–water partition coefficient (Wildman–Crippen LogP) is 2.48. The maximum Gasteiger partial charge on any atom is 0.387 e. The molecular formula is C17H19F2NO5. The van der Waals surface area contributed by atoms with Gasteiger partial charge in [0, 0.05) is 19.0 Å². The average molecular weight is 355 g/mol. The van der Waals surface area contributed by atoms with Gasteiger partial charge in [-0.25, -0.2) is 4.79 Å². The Hall–Kier alpha value is -2.64. The van der Waals surface area contributed by atoms with Crippen molar-refractivity contribution >= 4 is 18.0 Å². The highest BCUT2D eigenvalue weighted by atomic mass is 19.3. The summed E-state index contributed by atoms with van der Waals surface area (Å²) in [6, 6.07) is 4.30. The molecule has 6 nitrogen and oxygen atoms in total. The minimum atomic E-state index is -2.95. The Labute approximate surface area is 144 Å². The first-order chi connectivity index (χ1) is 12.0. The first-order valence-corrected chi connectivity index (χ1v) is 7.75. The standard InChI is InChI=1S/C17H19F2NO5/c1-23-14-11-12(4-6-13(14)25-17(18)19)5-7-16(22)24-10-9-20-8-2-3-15(20)21/h4-7,11,17H,2-3,8-10H2,1H3/b7-5+. The molecule has 1 aliphatic rings. The lowest BCUT2D eigenvalue weighted by molar-refractivity contribution is -0.139.